The summed E-state index contributed by atoms with van der Waals surface area (Å²) in [5.74, 6) is 0.565. The predicted octanol–water partition coefficient (Wildman–Crippen LogP) is 3.89. The smallest absolute Gasteiger partial charge is 0.338 e. The van der Waals surface area contributed by atoms with Crippen LogP contribution >= 0.6 is 15.9 Å². The molecule has 7 heteroatoms. The van der Waals surface area contributed by atoms with Gasteiger partial charge in [-0.25, -0.2) is 4.79 Å². The monoisotopic (exact) mass is 444 g/mol. The fourth-order valence-corrected chi connectivity index (χ4v) is 2.97. The number of carbonyl (C=O) groups excluding carboxylic acids is 1. The number of benzene rings is 2. The first-order valence-electron chi connectivity index (χ1n) is 8.92. The molecule has 0 bridgehead atoms. The molecule has 3 rings (SSSR count). The molecule has 0 fully saturated rings. The molecule has 0 aliphatic rings. The Hall–Kier alpha value is -2.80. The number of amides is 1. The van der Waals surface area contributed by atoms with Crippen LogP contribution < -0.4 is 15.7 Å². The fraction of sp³-hybridized carbons (Fsp3) is 0.238. The second-order valence-electron chi connectivity index (χ2n) is 6.31. The van der Waals surface area contributed by atoms with E-state index in [9.17, 15) is 9.59 Å². The minimum Gasteiger partial charge on any atom is -0.484 e. The van der Waals surface area contributed by atoms with E-state index in [0.717, 1.165) is 22.0 Å². The van der Waals surface area contributed by atoms with Crippen LogP contribution in [0.4, 0.5) is 5.69 Å². The van der Waals surface area contributed by atoms with Crippen LogP contribution in [0, 0.1) is 0 Å². The summed E-state index contributed by atoms with van der Waals surface area (Å²) in [7, 11) is 1.75. The summed E-state index contributed by atoms with van der Waals surface area (Å²) in [5.41, 5.74) is 0.896. The maximum absolute atomic E-state index is 12.2. The van der Waals surface area contributed by atoms with Crippen molar-refractivity contribution in [3.8, 4) is 5.75 Å². The van der Waals surface area contributed by atoms with Crippen LogP contribution in [-0.2, 0) is 4.79 Å². The Bertz CT molecular complexity index is 1000. The molecule has 0 radical (unpaired) electrons. The molecule has 1 heterocycles. The standard InChI is InChI=1S/C21H21BrN2O4/c1-24(20(25)14-27-16-9-7-15(22)8-10-16)12-4-11-23-18-13-21(26)28-19-6-3-2-5-17(18)19/h2-3,5-10,13,23H,4,11-12,14H2,1H3. The Balaban J connectivity index is 1.45. The zero-order chi connectivity index (χ0) is 19.9. The lowest BCUT2D eigenvalue weighted by Gasteiger charge is -2.18. The molecular formula is C21H21BrN2O4. The third-order valence-corrected chi connectivity index (χ3v) is 4.77. The Morgan fingerprint density at radius 2 is 1.93 bits per heavy atom. The first-order valence-corrected chi connectivity index (χ1v) is 9.71. The van der Waals surface area contributed by atoms with Crippen LogP contribution in [0.1, 0.15) is 6.42 Å². The van der Waals surface area contributed by atoms with Crippen molar-refractivity contribution in [1.29, 1.82) is 0 Å². The molecule has 28 heavy (non-hydrogen) atoms. The van der Waals surface area contributed by atoms with Crippen LogP contribution in [0.5, 0.6) is 5.75 Å². The highest BCUT2D eigenvalue weighted by Gasteiger charge is 2.10. The predicted molar refractivity (Wildman–Crippen MR) is 113 cm³/mol. The highest BCUT2D eigenvalue weighted by Crippen LogP contribution is 2.20. The van der Waals surface area contributed by atoms with E-state index in [4.69, 9.17) is 9.15 Å². The van der Waals surface area contributed by atoms with Crippen LogP contribution in [0.2, 0.25) is 0 Å². The topological polar surface area (TPSA) is 71.8 Å². The molecule has 0 spiro atoms. The number of hydrogen-bond acceptors (Lipinski definition) is 5. The van der Waals surface area contributed by atoms with Crippen molar-refractivity contribution >= 4 is 38.5 Å². The highest BCUT2D eigenvalue weighted by molar-refractivity contribution is 9.10. The van der Waals surface area contributed by atoms with Crippen molar-refractivity contribution < 1.29 is 13.9 Å². The van der Waals surface area contributed by atoms with Crippen molar-refractivity contribution in [2.45, 2.75) is 6.42 Å². The van der Waals surface area contributed by atoms with Gasteiger partial charge in [0.15, 0.2) is 6.61 Å². The Morgan fingerprint density at radius 1 is 1.18 bits per heavy atom. The molecule has 2 aromatic carbocycles. The van der Waals surface area contributed by atoms with E-state index in [0.29, 0.717) is 24.4 Å². The first kappa shape index (κ1) is 19.9. The van der Waals surface area contributed by atoms with E-state index in [1.165, 1.54) is 6.07 Å². The van der Waals surface area contributed by atoms with Crippen molar-refractivity contribution in [2.24, 2.45) is 0 Å². The van der Waals surface area contributed by atoms with Gasteiger partial charge >= 0.3 is 5.63 Å². The van der Waals surface area contributed by atoms with Gasteiger partial charge in [-0.3, -0.25) is 4.79 Å². The largest absolute Gasteiger partial charge is 0.484 e. The molecule has 1 amide bonds. The van der Waals surface area contributed by atoms with Crippen molar-refractivity contribution in [3.63, 3.8) is 0 Å². The molecule has 0 aliphatic heterocycles. The van der Waals surface area contributed by atoms with Gasteiger partial charge in [-0.1, -0.05) is 28.1 Å². The zero-order valence-electron chi connectivity index (χ0n) is 15.5. The van der Waals surface area contributed by atoms with Gasteiger partial charge in [-0.15, -0.1) is 0 Å². The number of anilines is 1. The second-order valence-corrected chi connectivity index (χ2v) is 7.23. The highest BCUT2D eigenvalue weighted by atomic mass is 79.9. The number of para-hydroxylation sites is 1. The van der Waals surface area contributed by atoms with Crippen molar-refractivity contribution in [2.75, 3.05) is 32.1 Å². The van der Waals surface area contributed by atoms with E-state index in [2.05, 4.69) is 21.2 Å². The maximum atomic E-state index is 12.2. The number of carbonyl (C=O) groups is 1. The molecule has 6 nitrogen and oxygen atoms in total. The number of fused-ring (bicyclic) bond motifs is 1. The summed E-state index contributed by atoms with van der Waals surface area (Å²) in [4.78, 5) is 25.5. The number of halogens is 1. The van der Waals surface area contributed by atoms with Crippen molar-refractivity contribution in [1.82, 2.24) is 4.90 Å². The molecule has 146 valence electrons. The molecule has 0 atom stereocenters. The van der Waals surface area contributed by atoms with E-state index >= 15 is 0 Å². The van der Waals surface area contributed by atoms with Gasteiger partial charge in [-0.2, -0.15) is 0 Å². The number of nitrogens with one attached hydrogen (secondary N) is 1. The molecule has 0 saturated carbocycles. The average Bonchev–Trinajstić information content (AvgIpc) is 2.70. The van der Waals surface area contributed by atoms with Crippen molar-refractivity contribution in [3.05, 3.63) is 69.5 Å². The van der Waals surface area contributed by atoms with Gasteiger partial charge in [0.05, 0.1) is 5.69 Å². The molecule has 0 saturated heterocycles. The fourth-order valence-electron chi connectivity index (χ4n) is 2.71. The molecule has 1 aromatic heterocycles. The lowest BCUT2D eigenvalue weighted by atomic mass is 10.2. The van der Waals surface area contributed by atoms with Crippen LogP contribution in [-0.4, -0.2) is 37.6 Å². The van der Waals surface area contributed by atoms with Gasteiger partial charge in [0, 0.05) is 36.1 Å². The SMILES string of the molecule is CN(CCCNc1cc(=O)oc2ccccc12)C(=O)COc1ccc(Br)cc1. The van der Waals surface area contributed by atoms with Gasteiger partial charge in [0.1, 0.15) is 11.3 Å². The van der Waals surface area contributed by atoms with E-state index in [1.54, 1.807) is 18.0 Å². The van der Waals surface area contributed by atoms with Gasteiger partial charge < -0.3 is 19.4 Å². The summed E-state index contributed by atoms with van der Waals surface area (Å²) in [5, 5.41) is 4.11. The summed E-state index contributed by atoms with van der Waals surface area (Å²) in [6, 6.07) is 16.2. The number of rotatable bonds is 8. The lowest BCUT2D eigenvalue weighted by Crippen LogP contribution is -2.33. The molecule has 0 unspecified atom stereocenters. The number of nitrogens with zero attached hydrogens (tertiary/aromatic N) is 1. The Kier molecular flexibility index (Phi) is 6.71. The van der Waals surface area contributed by atoms with Crippen LogP contribution in [0.3, 0.4) is 0 Å². The minimum atomic E-state index is -0.390. The van der Waals surface area contributed by atoms with E-state index in [1.807, 2.05) is 42.5 Å². The average molecular weight is 445 g/mol. The van der Waals surface area contributed by atoms with Gasteiger partial charge in [0.2, 0.25) is 0 Å². The molecule has 1 N–H and O–H groups in total. The lowest BCUT2D eigenvalue weighted by molar-refractivity contribution is -0.132. The maximum Gasteiger partial charge on any atom is 0.338 e. The van der Waals surface area contributed by atoms with E-state index in [-0.39, 0.29) is 12.5 Å². The quantitative estimate of drug-likeness (QED) is 0.421. The van der Waals surface area contributed by atoms with Gasteiger partial charge in [-0.05, 0) is 42.8 Å². The van der Waals surface area contributed by atoms with E-state index < -0.39 is 5.63 Å². The summed E-state index contributed by atoms with van der Waals surface area (Å²) < 4.78 is 11.6. The zero-order valence-corrected chi connectivity index (χ0v) is 17.1. The Morgan fingerprint density at radius 3 is 2.71 bits per heavy atom. The molecular weight excluding hydrogens is 424 g/mol. The second kappa shape index (κ2) is 9.41. The summed E-state index contributed by atoms with van der Waals surface area (Å²) in [6.45, 7) is 1.20. The summed E-state index contributed by atoms with van der Waals surface area (Å²) in [6.07, 6.45) is 0.731. The van der Waals surface area contributed by atoms with Gasteiger partial charge in [0.25, 0.3) is 5.91 Å². The molecule has 3 aromatic rings. The number of likely N-dealkylation sites (N-methyl/N-ethyl adjacent to an activating group) is 1. The third-order valence-electron chi connectivity index (χ3n) is 4.24. The number of ether oxygens (including phenoxy) is 1. The third kappa shape index (κ3) is 5.36. The normalized spacial score (nSPS) is 10.6. The van der Waals surface area contributed by atoms with Crippen LogP contribution in [0.15, 0.2) is 68.3 Å². The Labute approximate surface area is 171 Å². The summed E-state index contributed by atoms with van der Waals surface area (Å²) >= 11 is 3.36. The number of hydrogen-bond donors (Lipinski definition) is 1. The van der Waals surface area contributed by atoms with Crippen LogP contribution in [0.25, 0.3) is 11.0 Å². The molecule has 0 aliphatic carbocycles. The minimum absolute atomic E-state index is 0.00404. The first-order chi connectivity index (χ1) is 13.5.